The number of sulfonamides is 1. The summed E-state index contributed by atoms with van der Waals surface area (Å²) in [5.41, 5.74) is 1.59. The number of carbonyl (C=O) groups is 1. The first-order chi connectivity index (χ1) is 13.9. The van der Waals surface area contributed by atoms with Gasteiger partial charge in [0.15, 0.2) is 16.6 Å². The van der Waals surface area contributed by atoms with Gasteiger partial charge in [0.25, 0.3) is 0 Å². The Hall–Kier alpha value is -2.17. The molecule has 29 heavy (non-hydrogen) atoms. The zero-order valence-electron chi connectivity index (χ0n) is 16.7. The fourth-order valence-corrected chi connectivity index (χ4v) is 5.10. The van der Waals surface area contributed by atoms with E-state index < -0.39 is 10.0 Å². The number of carbonyl (C=O) groups excluding carboxylic acids is 1. The number of aromatic nitrogens is 1. The van der Waals surface area contributed by atoms with Crippen molar-refractivity contribution in [2.75, 3.05) is 38.4 Å². The van der Waals surface area contributed by atoms with E-state index in [0.717, 1.165) is 11.3 Å². The van der Waals surface area contributed by atoms with Crippen LogP contribution in [0.15, 0.2) is 23.6 Å². The van der Waals surface area contributed by atoms with Crippen molar-refractivity contribution in [1.29, 1.82) is 0 Å². The molecule has 1 aliphatic rings. The summed E-state index contributed by atoms with van der Waals surface area (Å²) in [6, 6.07) is 5.53. The highest BCUT2D eigenvalue weighted by atomic mass is 32.2. The van der Waals surface area contributed by atoms with E-state index in [2.05, 4.69) is 10.3 Å². The molecule has 3 rings (SSSR count). The minimum Gasteiger partial charge on any atom is -0.493 e. The minimum absolute atomic E-state index is 0.0852. The maximum absolute atomic E-state index is 12.6. The molecule has 1 fully saturated rings. The maximum Gasteiger partial charge on any atom is 0.229 e. The Morgan fingerprint density at radius 1 is 1.24 bits per heavy atom. The Labute approximate surface area is 174 Å². The average molecular weight is 440 g/mol. The predicted molar refractivity (Wildman–Crippen MR) is 113 cm³/mol. The minimum atomic E-state index is -3.20. The molecule has 2 aromatic rings. The number of nitrogens with zero attached hydrogens (tertiary/aromatic N) is 2. The van der Waals surface area contributed by atoms with Crippen LogP contribution in [-0.4, -0.2) is 56.7 Å². The van der Waals surface area contributed by atoms with Crippen molar-refractivity contribution in [3.8, 4) is 22.8 Å². The summed E-state index contributed by atoms with van der Waals surface area (Å²) in [4.78, 5) is 17.1. The fraction of sp³-hybridized carbons (Fsp3) is 0.474. The molecule has 0 radical (unpaired) electrons. The van der Waals surface area contributed by atoms with E-state index in [9.17, 15) is 13.2 Å². The molecule has 0 aliphatic carbocycles. The number of benzene rings is 1. The maximum atomic E-state index is 12.6. The van der Waals surface area contributed by atoms with Crippen LogP contribution in [0.2, 0.25) is 0 Å². The highest BCUT2D eigenvalue weighted by molar-refractivity contribution is 7.89. The summed E-state index contributed by atoms with van der Waals surface area (Å²) in [6.45, 7) is 2.39. The van der Waals surface area contributed by atoms with Crippen LogP contribution in [0.1, 0.15) is 19.8 Å². The van der Waals surface area contributed by atoms with Crippen LogP contribution >= 0.6 is 11.3 Å². The van der Waals surface area contributed by atoms with E-state index in [1.807, 2.05) is 23.6 Å². The molecule has 0 atom stereocenters. The Kier molecular flexibility index (Phi) is 6.76. The number of thiazole rings is 1. The lowest BCUT2D eigenvalue weighted by Gasteiger charge is -2.30. The molecule has 0 spiro atoms. The van der Waals surface area contributed by atoms with Gasteiger partial charge in [-0.25, -0.2) is 17.7 Å². The Morgan fingerprint density at radius 2 is 1.93 bits per heavy atom. The molecule has 0 saturated carbocycles. The van der Waals surface area contributed by atoms with Gasteiger partial charge in [-0.05, 0) is 38.0 Å². The molecule has 0 bridgehead atoms. The van der Waals surface area contributed by atoms with Gasteiger partial charge in [-0.3, -0.25) is 4.79 Å². The Balaban J connectivity index is 1.63. The van der Waals surface area contributed by atoms with Crippen molar-refractivity contribution in [1.82, 2.24) is 9.29 Å². The van der Waals surface area contributed by atoms with Crippen molar-refractivity contribution < 1.29 is 22.7 Å². The fourth-order valence-electron chi connectivity index (χ4n) is 3.25. The smallest absolute Gasteiger partial charge is 0.229 e. The van der Waals surface area contributed by atoms with E-state index in [1.54, 1.807) is 21.1 Å². The average Bonchev–Trinajstić information content (AvgIpc) is 3.21. The number of hydrogen-bond donors (Lipinski definition) is 1. The first-order valence-electron chi connectivity index (χ1n) is 9.34. The third kappa shape index (κ3) is 4.88. The van der Waals surface area contributed by atoms with Crippen molar-refractivity contribution in [2.45, 2.75) is 19.8 Å². The van der Waals surface area contributed by atoms with Crippen LogP contribution in [0.5, 0.6) is 11.5 Å². The predicted octanol–water partition coefficient (Wildman–Crippen LogP) is 2.83. The zero-order chi connectivity index (χ0) is 21.0. The van der Waals surface area contributed by atoms with Crippen LogP contribution in [0, 0.1) is 5.92 Å². The topological polar surface area (TPSA) is 97.8 Å². The van der Waals surface area contributed by atoms with E-state index in [1.165, 1.54) is 15.6 Å². The number of methoxy groups -OCH3 is 2. The van der Waals surface area contributed by atoms with Crippen LogP contribution < -0.4 is 14.8 Å². The molecular weight excluding hydrogens is 414 g/mol. The number of anilines is 1. The molecule has 0 unspecified atom stereocenters. The number of amides is 1. The van der Waals surface area contributed by atoms with Crippen LogP contribution in [-0.2, 0) is 14.8 Å². The third-order valence-corrected chi connectivity index (χ3v) is 7.64. The van der Waals surface area contributed by atoms with Crippen LogP contribution in [0.3, 0.4) is 0 Å². The van der Waals surface area contributed by atoms with E-state index >= 15 is 0 Å². The largest absolute Gasteiger partial charge is 0.493 e. The highest BCUT2D eigenvalue weighted by Crippen LogP contribution is 2.33. The van der Waals surface area contributed by atoms with Gasteiger partial charge in [-0.15, -0.1) is 11.3 Å². The highest BCUT2D eigenvalue weighted by Gasteiger charge is 2.30. The quantitative estimate of drug-likeness (QED) is 0.712. The molecule has 1 amide bonds. The van der Waals surface area contributed by atoms with Crippen molar-refractivity contribution in [3.63, 3.8) is 0 Å². The summed E-state index contributed by atoms with van der Waals surface area (Å²) >= 11 is 1.35. The van der Waals surface area contributed by atoms with Crippen molar-refractivity contribution in [3.05, 3.63) is 23.6 Å². The summed E-state index contributed by atoms with van der Waals surface area (Å²) in [5.74, 6) is 0.995. The lowest BCUT2D eigenvalue weighted by molar-refractivity contribution is -0.120. The van der Waals surface area contributed by atoms with Gasteiger partial charge in [-0.2, -0.15) is 0 Å². The summed E-state index contributed by atoms with van der Waals surface area (Å²) in [7, 11) is -0.0410. The molecule has 1 aromatic carbocycles. The molecule has 158 valence electrons. The lowest BCUT2D eigenvalue weighted by atomic mass is 9.97. The zero-order valence-corrected chi connectivity index (χ0v) is 18.3. The van der Waals surface area contributed by atoms with Gasteiger partial charge in [0.1, 0.15) is 0 Å². The number of piperidine rings is 1. The second kappa shape index (κ2) is 9.10. The van der Waals surface area contributed by atoms with Crippen LogP contribution in [0.4, 0.5) is 5.13 Å². The van der Waals surface area contributed by atoms with Gasteiger partial charge >= 0.3 is 0 Å². The molecule has 2 heterocycles. The number of ether oxygens (including phenoxy) is 2. The van der Waals surface area contributed by atoms with Gasteiger partial charge in [0.05, 0.1) is 25.7 Å². The van der Waals surface area contributed by atoms with E-state index in [-0.39, 0.29) is 17.6 Å². The number of nitrogens with one attached hydrogen (secondary N) is 1. The lowest BCUT2D eigenvalue weighted by Crippen LogP contribution is -2.42. The Morgan fingerprint density at radius 3 is 2.55 bits per heavy atom. The monoisotopic (exact) mass is 439 g/mol. The molecule has 1 aliphatic heterocycles. The second-order valence-corrected chi connectivity index (χ2v) is 9.79. The standard InChI is InChI=1S/C19H25N3O5S2/c1-4-29(24,25)22-9-7-13(8-10-22)18(23)21-19-20-15(12-28-19)14-5-6-16(26-2)17(11-14)27-3/h5-6,11-13H,4,7-10H2,1-3H3,(H,20,21,23). The normalized spacial score (nSPS) is 15.8. The molecular formula is C19H25N3O5S2. The van der Waals surface area contributed by atoms with E-state index in [4.69, 9.17) is 9.47 Å². The molecule has 10 heteroatoms. The number of hydrogen-bond acceptors (Lipinski definition) is 7. The molecule has 8 nitrogen and oxygen atoms in total. The molecule has 1 saturated heterocycles. The van der Waals surface area contributed by atoms with Gasteiger partial charge in [0, 0.05) is 30.0 Å². The SMILES string of the molecule is CCS(=O)(=O)N1CCC(C(=O)Nc2nc(-c3ccc(OC)c(OC)c3)cs2)CC1. The first-order valence-corrected chi connectivity index (χ1v) is 11.8. The van der Waals surface area contributed by atoms with Crippen LogP contribution in [0.25, 0.3) is 11.3 Å². The van der Waals surface area contributed by atoms with E-state index in [0.29, 0.717) is 42.6 Å². The second-order valence-electron chi connectivity index (χ2n) is 6.67. The van der Waals surface area contributed by atoms with Crippen molar-refractivity contribution in [2.24, 2.45) is 5.92 Å². The van der Waals surface area contributed by atoms with Gasteiger partial charge in [-0.1, -0.05) is 0 Å². The third-order valence-electron chi connectivity index (χ3n) is 5.00. The van der Waals surface area contributed by atoms with Crippen molar-refractivity contribution >= 4 is 32.4 Å². The summed E-state index contributed by atoms with van der Waals surface area (Å²) < 4.78 is 35.9. The summed E-state index contributed by atoms with van der Waals surface area (Å²) in [5, 5.41) is 5.25. The van der Waals surface area contributed by atoms with Gasteiger partial charge < -0.3 is 14.8 Å². The molecule has 1 aromatic heterocycles. The number of rotatable bonds is 7. The molecule has 1 N–H and O–H groups in total. The summed E-state index contributed by atoms with van der Waals surface area (Å²) in [6.07, 6.45) is 1.03. The first kappa shape index (κ1) is 21.5. The Bertz CT molecular complexity index is 966. The van der Waals surface area contributed by atoms with Gasteiger partial charge in [0.2, 0.25) is 15.9 Å².